The lowest BCUT2D eigenvalue weighted by Crippen LogP contribution is -2.48. The normalized spacial score (nSPS) is 21.2. The third kappa shape index (κ3) is 2.95. The van der Waals surface area contributed by atoms with Crippen LogP contribution >= 0.6 is 11.3 Å². The van der Waals surface area contributed by atoms with Crippen LogP contribution in [0.4, 0.5) is 5.82 Å². The van der Waals surface area contributed by atoms with Crippen molar-refractivity contribution in [3.05, 3.63) is 16.3 Å². The molecule has 0 aromatic carbocycles. The molecule has 0 unspecified atom stereocenters. The second-order valence-electron chi connectivity index (χ2n) is 7.16. The van der Waals surface area contributed by atoms with Crippen molar-refractivity contribution in [2.75, 3.05) is 50.8 Å². The van der Waals surface area contributed by atoms with Crippen LogP contribution in [0.25, 0.3) is 10.2 Å². The first-order valence-corrected chi connectivity index (χ1v) is 10.2. The molecule has 1 amide bonds. The third-order valence-electron chi connectivity index (χ3n) is 5.40. The number of aromatic nitrogens is 2. The Balaban J connectivity index is 1.56. The molecule has 26 heavy (non-hydrogen) atoms. The number of nitrogens with one attached hydrogen (secondary N) is 1. The van der Waals surface area contributed by atoms with E-state index in [-0.39, 0.29) is 5.91 Å². The zero-order chi connectivity index (χ0) is 17.5. The number of amides is 1. The lowest BCUT2D eigenvalue weighted by Gasteiger charge is -2.29. The van der Waals surface area contributed by atoms with E-state index >= 15 is 0 Å². The molecule has 2 saturated heterocycles. The van der Waals surface area contributed by atoms with Crippen LogP contribution < -0.4 is 10.2 Å². The molecule has 0 radical (unpaired) electrons. The van der Waals surface area contributed by atoms with Gasteiger partial charge >= 0.3 is 0 Å². The molecule has 2 aliphatic heterocycles. The smallest absolute Gasteiger partial charge is 0.239 e. The van der Waals surface area contributed by atoms with Gasteiger partial charge in [-0.05, 0) is 24.8 Å². The van der Waals surface area contributed by atoms with Crippen LogP contribution in [-0.4, -0.2) is 66.7 Å². The number of fused-ring (bicyclic) bond motifs is 3. The third-order valence-corrected chi connectivity index (χ3v) is 6.58. The molecule has 0 atom stereocenters. The summed E-state index contributed by atoms with van der Waals surface area (Å²) in [6.45, 7) is 5.99. The lowest BCUT2D eigenvalue weighted by molar-refractivity contribution is -0.120. The number of morpholine rings is 1. The summed E-state index contributed by atoms with van der Waals surface area (Å²) in [5.74, 6) is 1.90. The number of aryl methyl sites for hydroxylation is 2. The molecule has 0 saturated carbocycles. The topological polar surface area (TPSA) is 70.6 Å². The fourth-order valence-electron chi connectivity index (χ4n) is 4.10. The molecule has 0 bridgehead atoms. The maximum atomic E-state index is 11.9. The van der Waals surface area contributed by atoms with Gasteiger partial charge < -0.3 is 15.0 Å². The van der Waals surface area contributed by atoms with Crippen LogP contribution in [0, 0.1) is 0 Å². The van der Waals surface area contributed by atoms with Gasteiger partial charge in [-0.1, -0.05) is 0 Å². The fourth-order valence-corrected chi connectivity index (χ4v) is 5.37. The van der Waals surface area contributed by atoms with E-state index in [4.69, 9.17) is 14.7 Å². The molecule has 138 valence electrons. The molecule has 4 heterocycles. The van der Waals surface area contributed by atoms with Crippen LogP contribution in [0.3, 0.4) is 0 Å². The van der Waals surface area contributed by atoms with Crippen LogP contribution in [0.1, 0.15) is 22.7 Å². The number of piperazine rings is 1. The Kier molecular flexibility index (Phi) is 4.26. The molecule has 0 spiro atoms. The van der Waals surface area contributed by atoms with Gasteiger partial charge in [-0.2, -0.15) is 0 Å². The summed E-state index contributed by atoms with van der Waals surface area (Å²) in [4.78, 5) is 28.8. The van der Waals surface area contributed by atoms with E-state index in [0.717, 1.165) is 68.7 Å². The molecular formula is C18H23N5O2S. The standard InChI is InChI=1S/C18H23N5O2S/c24-15-11-23(5-4-19-15)17-16-12-2-1-3-13(12)26-18(16)21-14(20-17)10-22-6-8-25-9-7-22/h1-11H2,(H,19,24). The van der Waals surface area contributed by atoms with Gasteiger partial charge in [-0.15, -0.1) is 11.3 Å². The number of rotatable bonds is 3. The number of carbonyl (C=O) groups excluding carboxylic acids is 1. The Morgan fingerprint density at radius 3 is 2.88 bits per heavy atom. The summed E-state index contributed by atoms with van der Waals surface area (Å²) < 4.78 is 5.45. The summed E-state index contributed by atoms with van der Waals surface area (Å²) >= 11 is 1.82. The van der Waals surface area contributed by atoms with Gasteiger partial charge in [0.1, 0.15) is 16.5 Å². The van der Waals surface area contributed by atoms with Gasteiger partial charge in [0, 0.05) is 31.1 Å². The van der Waals surface area contributed by atoms with Crippen molar-refractivity contribution in [2.45, 2.75) is 25.8 Å². The van der Waals surface area contributed by atoms with Gasteiger partial charge in [0.25, 0.3) is 0 Å². The van der Waals surface area contributed by atoms with Gasteiger partial charge in [0.15, 0.2) is 0 Å². The molecule has 3 aliphatic rings. The van der Waals surface area contributed by atoms with Crippen molar-refractivity contribution in [3.63, 3.8) is 0 Å². The number of thiophene rings is 1. The van der Waals surface area contributed by atoms with E-state index in [0.29, 0.717) is 13.1 Å². The quantitative estimate of drug-likeness (QED) is 0.864. The number of hydrogen-bond acceptors (Lipinski definition) is 7. The van der Waals surface area contributed by atoms with E-state index < -0.39 is 0 Å². The summed E-state index contributed by atoms with van der Waals surface area (Å²) in [6.07, 6.45) is 3.47. The average Bonchev–Trinajstić information content (AvgIpc) is 3.23. The molecule has 8 heteroatoms. The van der Waals surface area contributed by atoms with Gasteiger partial charge in [0.05, 0.1) is 31.7 Å². The summed E-state index contributed by atoms with van der Waals surface area (Å²) in [5.41, 5.74) is 1.42. The molecule has 1 aliphatic carbocycles. The van der Waals surface area contributed by atoms with Crippen LogP contribution in [0.5, 0.6) is 0 Å². The van der Waals surface area contributed by atoms with Crippen LogP contribution in [-0.2, 0) is 28.9 Å². The van der Waals surface area contributed by atoms with Crippen molar-refractivity contribution in [1.29, 1.82) is 0 Å². The minimum Gasteiger partial charge on any atom is -0.379 e. The first-order chi connectivity index (χ1) is 12.8. The van der Waals surface area contributed by atoms with E-state index in [1.165, 1.54) is 22.2 Å². The van der Waals surface area contributed by atoms with Crippen molar-refractivity contribution < 1.29 is 9.53 Å². The molecule has 7 nitrogen and oxygen atoms in total. The number of carbonyl (C=O) groups is 1. The van der Waals surface area contributed by atoms with Gasteiger partial charge in [-0.3, -0.25) is 9.69 Å². The van der Waals surface area contributed by atoms with Crippen molar-refractivity contribution in [2.24, 2.45) is 0 Å². The second kappa shape index (κ2) is 6.75. The highest BCUT2D eigenvalue weighted by atomic mass is 32.1. The first-order valence-electron chi connectivity index (χ1n) is 9.41. The number of ether oxygens (including phenoxy) is 1. The van der Waals surface area contributed by atoms with E-state index in [9.17, 15) is 4.79 Å². The molecule has 1 N–H and O–H groups in total. The second-order valence-corrected chi connectivity index (χ2v) is 8.24. The Morgan fingerprint density at radius 1 is 1.15 bits per heavy atom. The van der Waals surface area contributed by atoms with Crippen molar-refractivity contribution in [3.8, 4) is 0 Å². The highest BCUT2D eigenvalue weighted by molar-refractivity contribution is 7.19. The van der Waals surface area contributed by atoms with Crippen molar-refractivity contribution in [1.82, 2.24) is 20.2 Å². The lowest BCUT2D eigenvalue weighted by atomic mass is 10.1. The van der Waals surface area contributed by atoms with Crippen molar-refractivity contribution >= 4 is 33.3 Å². The van der Waals surface area contributed by atoms with E-state index in [1.54, 1.807) is 0 Å². The summed E-state index contributed by atoms with van der Waals surface area (Å²) in [5, 5.41) is 4.11. The monoisotopic (exact) mass is 373 g/mol. The fraction of sp³-hybridized carbons (Fsp3) is 0.611. The number of hydrogen-bond donors (Lipinski definition) is 1. The molecule has 2 aromatic rings. The van der Waals surface area contributed by atoms with E-state index in [2.05, 4.69) is 15.1 Å². The minimum absolute atomic E-state index is 0.0737. The Hall–Kier alpha value is -1.77. The molecule has 5 rings (SSSR count). The minimum atomic E-state index is 0.0737. The zero-order valence-corrected chi connectivity index (χ0v) is 15.6. The van der Waals surface area contributed by atoms with Gasteiger partial charge in [-0.25, -0.2) is 9.97 Å². The zero-order valence-electron chi connectivity index (χ0n) is 14.8. The van der Waals surface area contributed by atoms with Crippen LogP contribution in [0.15, 0.2) is 0 Å². The Bertz CT molecular complexity index is 846. The Labute approximate surface area is 156 Å². The highest BCUT2D eigenvalue weighted by Gasteiger charge is 2.27. The average molecular weight is 373 g/mol. The summed E-state index contributed by atoms with van der Waals surface area (Å²) in [7, 11) is 0. The maximum Gasteiger partial charge on any atom is 0.239 e. The summed E-state index contributed by atoms with van der Waals surface area (Å²) in [6, 6.07) is 0. The SMILES string of the molecule is O=C1CN(c2nc(CN3CCOCC3)nc3sc4c(c23)CCC4)CCN1. The number of anilines is 1. The first kappa shape index (κ1) is 16.4. The number of nitrogens with zero attached hydrogens (tertiary/aromatic N) is 4. The Morgan fingerprint density at radius 2 is 2.04 bits per heavy atom. The van der Waals surface area contributed by atoms with Gasteiger partial charge in [0.2, 0.25) is 5.91 Å². The molecular weight excluding hydrogens is 350 g/mol. The highest BCUT2D eigenvalue weighted by Crippen LogP contribution is 2.40. The molecule has 2 fully saturated rings. The predicted octanol–water partition coefficient (Wildman–Crippen LogP) is 0.948. The van der Waals surface area contributed by atoms with E-state index in [1.807, 2.05) is 11.3 Å². The maximum absolute atomic E-state index is 11.9. The predicted molar refractivity (Wildman–Crippen MR) is 101 cm³/mol. The van der Waals surface area contributed by atoms with Crippen LogP contribution in [0.2, 0.25) is 0 Å². The molecule has 2 aromatic heterocycles. The largest absolute Gasteiger partial charge is 0.379 e.